The average Bonchev–Trinajstić information content (AvgIpc) is 3.02. The van der Waals surface area contributed by atoms with Gasteiger partial charge < -0.3 is 38.6 Å². The largest absolute Gasteiger partial charge is 0.497 e. The highest BCUT2D eigenvalue weighted by Crippen LogP contribution is 2.46. The Morgan fingerprint density at radius 1 is 0.927 bits per heavy atom. The number of anilines is 1. The van der Waals surface area contributed by atoms with E-state index >= 15 is 0 Å². The van der Waals surface area contributed by atoms with Crippen LogP contribution in [0, 0.1) is 5.92 Å². The Hall–Kier alpha value is -4.60. The van der Waals surface area contributed by atoms with Gasteiger partial charge in [0, 0.05) is 18.6 Å². The Morgan fingerprint density at radius 2 is 1.61 bits per heavy atom. The van der Waals surface area contributed by atoms with E-state index in [1.165, 1.54) is 21.3 Å². The van der Waals surface area contributed by atoms with Crippen molar-refractivity contribution in [3.8, 4) is 34.5 Å². The Balaban J connectivity index is 1.46. The number of amides is 2. The van der Waals surface area contributed by atoms with Crippen molar-refractivity contribution in [2.24, 2.45) is 5.92 Å². The molecule has 2 heterocycles. The summed E-state index contributed by atoms with van der Waals surface area (Å²) in [4.78, 5) is 29.0. The molecule has 0 spiro atoms. The molecule has 216 valence electrons. The average molecular weight is 563 g/mol. The van der Waals surface area contributed by atoms with E-state index in [2.05, 4.69) is 5.32 Å². The topological polar surface area (TPSA) is 105 Å². The van der Waals surface area contributed by atoms with E-state index in [1.807, 2.05) is 48.5 Å². The lowest BCUT2D eigenvalue weighted by Gasteiger charge is -2.41. The molecule has 0 saturated carbocycles. The quantitative estimate of drug-likeness (QED) is 0.415. The number of nitrogens with one attached hydrogen (secondary N) is 1. The van der Waals surface area contributed by atoms with Crippen molar-refractivity contribution in [2.45, 2.75) is 25.0 Å². The van der Waals surface area contributed by atoms with E-state index in [-0.39, 0.29) is 30.9 Å². The number of nitrogens with zero attached hydrogens (tertiary/aromatic N) is 1. The van der Waals surface area contributed by atoms with Crippen LogP contribution in [0.2, 0.25) is 0 Å². The molecule has 5 rings (SSSR count). The van der Waals surface area contributed by atoms with Gasteiger partial charge in [-0.3, -0.25) is 9.59 Å². The molecule has 10 heteroatoms. The number of carbonyl (C=O) groups excluding carboxylic acids is 2. The fourth-order valence-corrected chi connectivity index (χ4v) is 5.37. The van der Waals surface area contributed by atoms with Gasteiger partial charge in [0.05, 0.1) is 52.6 Å². The molecular weight excluding hydrogens is 528 g/mol. The molecule has 3 atom stereocenters. The van der Waals surface area contributed by atoms with Crippen molar-refractivity contribution in [3.63, 3.8) is 0 Å². The zero-order valence-corrected chi connectivity index (χ0v) is 23.5. The highest BCUT2D eigenvalue weighted by molar-refractivity contribution is 5.98. The van der Waals surface area contributed by atoms with Gasteiger partial charge in [0.25, 0.3) is 0 Å². The maximum absolute atomic E-state index is 13.8. The molecule has 2 aliphatic rings. The van der Waals surface area contributed by atoms with Crippen LogP contribution in [-0.4, -0.2) is 59.5 Å². The van der Waals surface area contributed by atoms with Crippen LogP contribution in [0.15, 0.2) is 60.7 Å². The Labute approximate surface area is 239 Å². The van der Waals surface area contributed by atoms with Gasteiger partial charge in [0.2, 0.25) is 17.6 Å². The van der Waals surface area contributed by atoms with Crippen LogP contribution in [0.3, 0.4) is 0 Å². The Kier molecular flexibility index (Phi) is 8.37. The minimum atomic E-state index is -0.603. The second-order valence-corrected chi connectivity index (χ2v) is 9.75. The molecule has 3 aromatic rings. The van der Waals surface area contributed by atoms with Crippen LogP contribution < -0.4 is 38.6 Å². The van der Waals surface area contributed by atoms with Gasteiger partial charge in [-0.25, -0.2) is 0 Å². The summed E-state index contributed by atoms with van der Waals surface area (Å²) in [5, 5.41) is 3.05. The third kappa shape index (κ3) is 5.68. The second-order valence-electron chi connectivity index (χ2n) is 9.75. The van der Waals surface area contributed by atoms with E-state index in [9.17, 15) is 9.59 Å². The summed E-state index contributed by atoms with van der Waals surface area (Å²) in [5.74, 6) is 2.38. The van der Waals surface area contributed by atoms with Crippen LogP contribution in [0.1, 0.15) is 24.4 Å². The summed E-state index contributed by atoms with van der Waals surface area (Å²) in [6.07, 6.45) is 0.232. The summed E-state index contributed by atoms with van der Waals surface area (Å²) < 4.78 is 33.8. The summed E-state index contributed by atoms with van der Waals surface area (Å²) in [6.45, 7) is 0.580. The van der Waals surface area contributed by atoms with Gasteiger partial charge >= 0.3 is 0 Å². The van der Waals surface area contributed by atoms with Crippen molar-refractivity contribution in [1.29, 1.82) is 0 Å². The van der Waals surface area contributed by atoms with Crippen molar-refractivity contribution >= 4 is 17.5 Å². The second kappa shape index (κ2) is 12.3. The number of benzene rings is 3. The predicted octanol–water partition coefficient (Wildman–Crippen LogP) is 4.16. The first-order chi connectivity index (χ1) is 20.0. The molecule has 10 nitrogen and oxygen atoms in total. The summed E-state index contributed by atoms with van der Waals surface area (Å²) in [7, 11) is 6.15. The summed E-state index contributed by atoms with van der Waals surface area (Å²) in [6, 6.07) is 17.7. The lowest BCUT2D eigenvalue weighted by Crippen LogP contribution is -2.50. The molecule has 0 bridgehead atoms. The molecule has 1 N–H and O–H groups in total. The highest BCUT2D eigenvalue weighted by atomic mass is 16.6. The molecule has 1 saturated heterocycles. The molecule has 0 aromatic heterocycles. The number of para-hydroxylation sites is 2. The predicted molar refractivity (Wildman–Crippen MR) is 151 cm³/mol. The number of ether oxygens (including phenoxy) is 6. The normalized spacial score (nSPS) is 19.8. The Bertz CT molecular complexity index is 1370. The van der Waals surface area contributed by atoms with E-state index in [0.717, 1.165) is 5.56 Å². The number of piperidine rings is 1. The Morgan fingerprint density at radius 3 is 2.24 bits per heavy atom. The molecule has 3 unspecified atom stereocenters. The molecule has 0 radical (unpaired) electrons. The van der Waals surface area contributed by atoms with Gasteiger partial charge in [0.15, 0.2) is 23.0 Å². The lowest BCUT2D eigenvalue weighted by atomic mass is 9.83. The molecule has 41 heavy (non-hydrogen) atoms. The number of hydrogen-bond donors (Lipinski definition) is 1. The first-order valence-corrected chi connectivity index (χ1v) is 13.4. The minimum Gasteiger partial charge on any atom is -0.497 e. The minimum absolute atomic E-state index is 0.121. The van der Waals surface area contributed by atoms with Crippen molar-refractivity contribution < 1.29 is 38.0 Å². The fourth-order valence-electron chi connectivity index (χ4n) is 5.37. The zero-order chi connectivity index (χ0) is 28.9. The van der Waals surface area contributed by atoms with Crippen molar-refractivity contribution in [2.75, 3.05) is 46.5 Å². The molecular formula is C31H34N2O8. The molecule has 2 amide bonds. The lowest BCUT2D eigenvalue weighted by molar-refractivity contribution is -0.129. The van der Waals surface area contributed by atoms with Crippen LogP contribution in [-0.2, 0) is 9.59 Å². The van der Waals surface area contributed by atoms with Crippen LogP contribution >= 0.6 is 0 Å². The number of methoxy groups -OCH3 is 4. The van der Waals surface area contributed by atoms with Gasteiger partial charge in [-0.2, -0.15) is 0 Å². The molecule has 0 aliphatic carbocycles. The SMILES string of the molecule is COc1ccc(C2C(C(=O)NCC3COc4ccccc4O3)CCC(=O)N2c2cc(OC)c(OC)c(OC)c2)cc1. The molecule has 3 aromatic carbocycles. The van der Waals surface area contributed by atoms with Crippen molar-refractivity contribution in [1.82, 2.24) is 5.32 Å². The van der Waals surface area contributed by atoms with Gasteiger partial charge in [-0.05, 0) is 36.2 Å². The van der Waals surface area contributed by atoms with Gasteiger partial charge in [-0.15, -0.1) is 0 Å². The van der Waals surface area contributed by atoms with Crippen molar-refractivity contribution in [3.05, 3.63) is 66.2 Å². The zero-order valence-electron chi connectivity index (χ0n) is 23.5. The van der Waals surface area contributed by atoms with E-state index in [4.69, 9.17) is 28.4 Å². The van der Waals surface area contributed by atoms with Gasteiger partial charge in [0.1, 0.15) is 18.5 Å². The fraction of sp³-hybridized carbons (Fsp3) is 0.355. The first kappa shape index (κ1) is 27.9. The third-order valence-corrected chi connectivity index (χ3v) is 7.39. The van der Waals surface area contributed by atoms with Crippen LogP contribution in [0.25, 0.3) is 0 Å². The van der Waals surface area contributed by atoms with Crippen LogP contribution in [0.5, 0.6) is 34.5 Å². The number of fused-ring (bicyclic) bond motifs is 1. The monoisotopic (exact) mass is 562 g/mol. The molecule has 1 fully saturated rings. The van der Waals surface area contributed by atoms with E-state index in [0.29, 0.717) is 53.2 Å². The first-order valence-electron chi connectivity index (χ1n) is 13.4. The van der Waals surface area contributed by atoms with Gasteiger partial charge in [-0.1, -0.05) is 24.3 Å². The smallest absolute Gasteiger partial charge is 0.227 e. The molecule has 2 aliphatic heterocycles. The highest BCUT2D eigenvalue weighted by Gasteiger charge is 2.42. The van der Waals surface area contributed by atoms with E-state index in [1.54, 1.807) is 24.1 Å². The van der Waals surface area contributed by atoms with E-state index < -0.39 is 12.0 Å². The summed E-state index contributed by atoms with van der Waals surface area (Å²) >= 11 is 0. The van der Waals surface area contributed by atoms with Crippen LogP contribution in [0.4, 0.5) is 5.69 Å². The summed E-state index contributed by atoms with van der Waals surface area (Å²) in [5.41, 5.74) is 1.32. The maximum atomic E-state index is 13.8. The third-order valence-electron chi connectivity index (χ3n) is 7.39. The number of hydrogen-bond acceptors (Lipinski definition) is 8. The number of rotatable bonds is 9. The number of carbonyl (C=O) groups is 2. The maximum Gasteiger partial charge on any atom is 0.227 e. The standard InChI is InChI=1S/C31H34N2O8/c1-36-21-11-9-19(10-12-21)29-23(31(35)32-17-22-18-40-24-7-5-6-8-25(24)41-22)13-14-28(34)33(29)20-15-26(37-2)30(39-4)27(16-20)38-3/h5-12,15-16,22-23,29H,13-14,17-18H2,1-4H3,(H,32,35).